The third kappa shape index (κ3) is 5.46. The van der Waals surface area contributed by atoms with Crippen LogP contribution in [0.1, 0.15) is 18.1 Å². The van der Waals surface area contributed by atoms with Crippen LogP contribution >= 0.6 is 0 Å². The van der Waals surface area contributed by atoms with Crippen LogP contribution in [-0.4, -0.2) is 31.3 Å². The molecule has 2 rings (SSSR count). The lowest BCUT2D eigenvalue weighted by Crippen LogP contribution is -2.36. The summed E-state index contributed by atoms with van der Waals surface area (Å²) >= 11 is 0. The fourth-order valence-electron chi connectivity index (χ4n) is 2.21. The van der Waals surface area contributed by atoms with E-state index >= 15 is 0 Å². The number of amides is 2. The SMILES string of the molecule is CCOc1ccc(CCNC(=O)NCc2ccncc2)cc1OC. The van der Waals surface area contributed by atoms with Crippen molar-refractivity contribution in [2.24, 2.45) is 0 Å². The minimum Gasteiger partial charge on any atom is -0.493 e. The standard InChI is InChI=1S/C18H23N3O3/c1-3-24-16-5-4-14(12-17(16)23-2)8-11-20-18(22)21-13-15-6-9-19-10-7-15/h4-7,9-10,12H,3,8,11,13H2,1-2H3,(H2,20,21,22). The van der Waals surface area contributed by atoms with Gasteiger partial charge in [0.15, 0.2) is 11.5 Å². The molecule has 2 aromatic rings. The first-order chi connectivity index (χ1) is 11.7. The fraction of sp³-hybridized carbons (Fsp3) is 0.333. The number of pyridine rings is 1. The van der Waals surface area contributed by atoms with Crippen LogP contribution in [0.2, 0.25) is 0 Å². The molecule has 0 aliphatic rings. The van der Waals surface area contributed by atoms with Crippen molar-refractivity contribution in [3.63, 3.8) is 0 Å². The van der Waals surface area contributed by atoms with E-state index < -0.39 is 0 Å². The summed E-state index contributed by atoms with van der Waals surface area (Å²) in [6, 6.07) is 9.34. The number of hydrogen-bond acceptors (Lipinski definition) is 4. The van der Waals surface area contributed by atoms with Crippen molar-refractivity contribution in [1.29, 1.82) is 0 Å². The topological polar surface area (TPSA) is 72.5 Å². The van der Waals surface area contributed by atoms with Crippen molar-refractivity contribution in [1.82, 2.24) is 15.6 Å². The molecule has 0 bridgehead atoms. The van der Waals surface area contributed by atoms with Crippen LogP contribution in [0.15, 0.2) is 42.7 Å². The molecular formula is C18H23N3O3. The van der Waals surface area contributed by atoms with Crippen LogP contribution in [0.5, 0.6) is 11.5 Å². The van der Waals surface area contributed by atoms with E-state index in [0.717, 1.165) is 16.9 Å². The van der Waals surface area contributed by atoms with Gasteiger partial charge in [-0.2, -0.15) is 0 Å². The molecule has 2 N–H and O–H groups in total. The number of carbonyl (C=O) groups is 1. The molecule has 0 atom stereocenters. The summed E-state index contributed by atoms with van der Waals surface area (Å²) in [5.41, 5.74) is 2.08. The first-order valence-corrected chi connectivity index (χ1v) is 7.93. The molecule has 0 aliphatic heterocycles. The third-order valence-electron chi connectivity index (χ3n) is 3.43. The van der Waals surface area contributed by atoms with E-state index in [-0.39, 0.29) is 6.03 Å². The summed E-state index contributed by atoms with van der Waals surface area (Å²) in [5.74, 6) is 1.43. The lowest BCUT2D eigenvalue weighted by atomic mass is 10.1. The molecule has 2 amide bonds. The Morgan fingerprint density at radius 2 is 1.88 bits per heavy atom. The van der Waals surface area contributed by atoms with E-state index in [4.69, 9.17) is 9.47 Å². The molecule has 1 aromatic carbocycles. The van der Waals surface area contributed by atoms with Crippen molar-refractivity contribution >= 4 is 6.03 Å². The van der Waals surface area contributed by atoms with E-state index in [2.05, 4.69) is 15.6 Å². The summed E-state index contributed by atoms with van der Waals surface area (Å²) in [7, 11) is 1.62. The number of benzene rings is 1. The monoisotopic (exact) mass is 329 g/mol. The van der Waals surface area contributed by atoms with E-state index in [1.54, 1.807) is 19.5 Å². The van der Waals surface area contributed by atoms with Crippen molar-refractivity contribution < 1.29 is 14.3 Å². The second kappa shape index (κ2) is 9.39. The van der Waals surface area contributed by atoms with Crippen LogP contribution in [0.4, 0.5) is 4.79 Å². The largest absolute Gasteiger partial charge is 0.493 e. The zero-order valence-electron chi connectivity index (χ0n) is 14.0. The molecule has 0 saturated carbocycles. The van der Waals surface area contributed by atoms with Gasteiger partial charge < -0.3 is 20.1 Å². The van der Waals surface area contributed by atoms with Gasteiger partial charge in [-0.3, -0.25) is 4.98 Å². The van der Waals surface area contributed by atoms with Gasteiger partial charge in [0.05, 0.1) is 13.7 Å². The van der Waals surface area contributed by atoms with Crippen LogP contribution < -0.4 is 20.1 Å². The zero-order valence-corrected chi connectivity index (χ0v) is 14.0. The second-order valence-electron chi connectivity index (χ2n) is 5.13. The number of urea groups is 1. The third-order valence-corrected chi connectivity index (χ3v) is 3.43. The Hall–Kier alpha value is -2.76. The molecule has 24 heavy (non-hydrogen) atoms. The van der Waals surface area contributed by atoms with Gasteiger partial charge in [0.2, 0.25) is 0 Å². The summed E-state index contributed by atoms with van der Waals surface area (Å²) in [4.78, 5) is 15.7. The fourth-order valence-corrected chi connectivity index (χ4v) is 2.21. The molecule has 0 spiro atoms. The number of nitrogens with zero attached hydrogens (tertiary/aromatic N) is 1. The molecule has 1 aromatic heterocycles. The second-order valence-corrected chi connectivity index (χ2v) is 5.13. The minimum absolute atomic E-state index is 0.190. The number of methoxy groups -OCH3 is 1. The number of ether oxygens (including phenoxy) is 2. The Labute approximate surface area is 142 Å². The normalized spacial score (nSPS) is 10.1. The number of rotatable bonds is 8. The van der Waals surface area contributed by atoms with Crippen LogP contribution in [0.25, 0.3) is 0 Å². The van der Waals surface area contributed by atoms with Crippen molar-refractivity contribution in [3.05, 3.63) is 53.9 Å². The first kappa shape index (κ1) is 17.6. The Balaban J connectivity index is 1.76. The summed E-state index contributed by atoms with van der Waals surface area (Å²) in [5, 5.41) is 5.65. The van der Waals surface area contributed by atoms with Gasteiger partial charge in [-0.1, -0.05) is 6.07 Å². The van der Waals surface area contributed by atoms with Gasteiger partial charge in [0, 0.05) is 25.5 Å². The molecule has 6 nitrogen and oxygen atoms in total. The lowest BCUT2D eigenvalue weighted by molar-refractivity contribution is 0.240. The molecule has 6 heteroatoms. The first-order valence-electron chi connectivity index (χ1n) is 7.93. The maximum Gasteiger partial charge on any atom is 0.315 e. The van der Waals surface area contributed by atoms with Gasteiger partial charge in [-0.05, 0) is 48.7 Å². The molecule has 1 heterocycles. The van der Waals surface area contributed by atoms with Crippen molar-refractivity contribution in [3.8, 4) is 11.5 Å². The summed E-state index contributed by atoms with van der Waals surface area (Å²) < 4.78 is 10.8. The lowest BCUT2D eigenvalue weighted by Gasteiger charge is -2.11. The van der Waals surface area contributed by atoms with Crippen LogP contribution in [-0.2, 0) is 13.0 Å². The van der Waals surface area contributed by atoms with Gasteiger partial charge in [0.25, 0.3) is 0 Å². The van der Waals surface area contributed by atoms with Crippen LogP contribution in [0, 0.1) is 0 Å². The zero-order chi connectivity index (χ0) is 17.2. The van der Waals surface area contributed by atoms with E-state index in [1.165, 1.54) is 0 Å². The van der Waals surface area contributed by atoms with E-state index in [1.807, 2.05) is 37.3 Å². The number of nitrogens with one attached hydrogen (secondary N) is 2. The van der Waals surface area contributed by atoms with Gasteiger partial charge in [0.1, 0.15) is 0 Å². The Morgan fingerprint density at radius 3 is 2.58 bits per heavy atom. The van der Waals surface area contributed by atoms with E-state index in [0.29, 0.717) is 31.9 Å². The Kier molecular flexibility index (Phi) is 6.89. The molecular weight excluding hydrogens is 306 g/mol. The Morgan fingerprint density at radius 1 is 1.08 bits per heavy atom. The van der Waals surface area contributed by atoms with Gasteiger partial charge >= 0.3 is 6.03 Å². The van der Waals surface area contributed by atoms with E-state index in [9.17, 15) is 4.79 Å². The maximum atomic E-state index is 11.8. The molecule has 0 fully saturated rings. The average Bonchev–Trinajstić information content (AvgIpc) is 2.62. The predicted molar refractivity (Wildman–Crippen MR) is 92.3 cm³/mol. The highest BCUT2D eigenvalue weighted by Crippen LogP contribution is 2.28. The van der Waals surface area contributed by atoms with Crippen molar-refractivity contribution in [2.75, 3.05) is 20.3 Å². The number of carbonyl (C=O) groups excluding carboxylic acids is 1. The van der Waals surface area contributed by atoms with Crippen LogP contribution in [0.3, 0.4) is 0 Å². The molecule has 0 saturated heterocycles. The smallest absolute Gasteiger partial charge is 0.315 e. The van der Waals surface area contributed by atoms with Crippen molar-refractivity contribution in [2.45, 2.75) is 19.9 Å². The average molecular weight is 329 g/mol. The van der Waals surface area contributed by atoms with Gasteiger partial charge in [-0.15, -0.1) is 0 Å². The molecule has 128 valence electrons. The quantitative estimate of drug-likeness (QED) is 0.780. The molecule has 0 unspecified atom stereocenters. The summed E-state index contributed by atoms with van der Waals surface area (Å²) in [6.07, 6.45) is 4.12. The highest BCUT2D eigenvalue weighted by atomic mass is 16.5. The van der Waals surface area contributed by atoms with Gasteiger partial charge in [-0.25, -0.2) is 4.79 Å². The predicted octanol–water partition coefficient (Wildman–Crippen LogP) is 2.53. The number of aromatic nitrogens is 1. The molecule has 0 radical (unpaired) electrons. The maximum absolute atomic E-state index is 11.8. The highest BCUT2D eigenvalue weighted by molar-refractivity contribution is 5.73. The number of hydrogen-bond donors (Lipinski definition) is 2. The molecule has 0 aliphatic carbocycles. The minimum atomic E-state index is -0.190. The summed E-state index contributed by atoms with van der Waals surface area (Å²) in [6.45, 7) is 3.54. The highest BCUT2D eigenvalue weighted by Gasteiger charge is 2.06. The Bertz CT molecular complexity index is 647.